The fourth-order valence-corrected chi connectivity index (χ4v) is 6.67. The largest absolute Gasteiger partial charge is 0.352 e. The first-order valence-electron chi connectivity index (χ1n) is 10.8. The minimum Gasteiger partial charge on any atom is -0.352 e. The summed E-state index contributed by atoms with van der Waals surface area (Å²) in [4.78, 5) is 28.7. The lowest BCUT2D eigenvalue weighted by Gasteiger charge is -2.44. The normalized spacial score (nSPS) is 27.0. The van der Waals surface area contributed by atoms with Crippen LogP contribution in [0, 0.1) is 0 Å². The van der Waals surface area contributed by atoms with Crippen molar-refractivity contribution in [3.8, 4) is 0 Å². The van der Waals surface area contributed by atoms with Crippen molar-refractivity contribution in [2.45, 2.75) is 75.1 Å². The molecule has 2 amide bonds. The molecule has 0 spiro atoms. The minimum atomic E-state index is 0.00304. The van der Waals surface area contributed by atoms with Crippen LogP contribution in [-0.2, 0) is 9.59 Å². The average Bonchev–Trinajstić information content (AvgIpc) is 2.72. The lowest BCUT2D eigenvalue weighted by molar-refractivity contribution is -0.136. The molecule has 2 unspecified atom stereocenters. The van der Waals surface area contributed by atoms with Crippen LogP contribution in [0.25, 0.3) is 6.08 Å². The molecule has 156 valence electrons. The monoisotopic (exact) mass is 476 g/mol. The van der Waals surface area contributed by atoms with Crippen LogP contribution in [0.15, 0.2) is 33.6 Å². The van der Waals surface area contributed by atoms with Gasteiger partial charge >= 0.3 is 0 Å². The molecule has 1 aromatic carbocycles. The van der Waals surface area contributed by atoms with E-state index < -0.39 is 0 Å². The standard InChI is InChI=1S/C23H29BrN2O2S/c24-17-8-6-7-16(13-17)14-21-23(28)26(19-11-4-5-12-20(19)29-21)15-22(27)25-18-9-2-1-3-10-18/h6-8,13-14,18-20H,1-5,9-12,15H2,(H,25,27)/b21-14+. The van der Waals surface area contributed by atoms with Gasteiger partial charge in [0, 0.05) is 21.8 Å². The van der Waals surface area contributed by atoms with Crippen LogP contribution >= 0.6 is 27.7 Å². The molecule has 1 saturated heterocycles. The fraction of sp³-hybridized carbons (Fsp3) is 0.565. The highest BCUT2D eigenvalue weighted by atomic mass is 79.9. The van der Waals surface area contributed by atoms with Gasteiger partial charge in [0.15, 0.2) is 0 Å². The van der Waals surface area contributed by atoms with E-state index in [1.165, 1.54) is 25.7 Å². The summed E-state index contributed by atoms with van der Waals surface area (Å²) in [6.07, 6.45) is 12.2. The number of fused-ring (bicyclic) bond motifs is 1. The van der Waals surface area contributed by atoms with Gasteiger partial charge in [-0.2, -0.15) is 0 Å². The second kappa shape index (κ2) is 9.69. The highest BCUT2D eigenvalue weighted by Gasteiger charge is 2.41. The molecule has 1 N–H and O–H groups in total. The van der Waals surface area contributed by atoms with Gasteiger partial charge in [0.1, 0.15) is 6.54 Å². The predicted molar refractivity (Wildman–Crippen MR) is 122 cm³/mol. The lowest BCUT2D eigenvalue weighted by Crippen LogP contribution is -2.55. The molecule has 2 saturated carbocycles. The number of nitrogens with zero attached hydrogens (tertiary/aromatic N) is 1. The molecule has 29 heavy (non-hydrogen) atoms. The van der Waals surface area contributed by atoms with Crippen LogP contribution in [0.1, 0.15) is 63.4 Å². The van der Waals surface area contributed by atoms with Gasteiger partial charge in [0.05, 0.1) is 4.91 Å². The highest BCUT2D eigenvalue weighted by Crippen LogP contribution is 2.42. The molecular formula is C23H29BrN2O2S. The van der Waals surface area contributed by atoms with E-state index in [9.17, 15) is 9.59 Å². The third-order valence-electron chi connectivity index (χ3n) is 6.25. The summed E-state index contributed by atoms with van der Waals surface area (Å²) in [5, 5.41) is 3.58. The summed E-state index contributed by atoms with van der Waals surface area (Å²) in [6.45, 7) is 0.187. The SMILES string of the molecule is O=C(CN1C(=O)/C(=C\c2cccc(Br)c2)SC2CCCCC21)NC1CCCCC1. The summed E-state index contributed by atoms with van der Waals surface area (Å²) in [6, 6.07) is 8.46. The third-order valence-corrected chi connectivity index (χ3v) is 8.14. The maximum absolute atomic E-state index is 13.3. The summed E-state index contributed by atoms with van der Waals surface area (Å²) in [5.74, 6) is 0.0141. The zero-order valence-electron chi connectivity index (χ0n) is 16.7. The Balaban J connectivity index is 1.51. The number of thioether (sulfide) groups is 1. The van der Waals surface area contributed by atoms with E-state index in [0.717, 1.165) is 47.0 Å². The molecule has 0 radical (unpaired) electrons. The summed E-state index contributed by atoms with van der Waals surface area (Å²) >= 11 is 5.22. The maximum atomic E-state index is 13.3. The van der Waals surface area contributed by atoms with Gasteiger partial charge in [-0.3, -0.25) is 9.59 Å². The second-order valence-electron chi connectivity index (χ2n) is 8.41. The number of amides is 2. The van der Waals surface area contributed by atoms with Crippen LogP contribution < -0.4 is 5.32 Å². The molecule has 1 aromatic rings. The maximum Gasteiger partial charge on any atom is 0.261 e. The van der Waals surface area contributed by atoms with E-state index in [0.29, 0.717) is 5.25 Å². The van der Waals surface area contributed by atoms with Gasteiger partial charge in [0.2, 0.25) is 5.91 Å². The zero-order chi connectivity index (χ0) is 20.2. The van der Waals surface area contributed by atoms with Crippen molar-refractivity contribution in [1.29, 1.82) is 0 Å². The Hall–Kier alpha value is -1.27. The van der Waals surface area contributed by atoms with Crippen LogP contribution in [0.4, 0.5) is 0 Å². The quantitative estimate of drug-likeness (QED) is 0.612. The average molecular weight is 477 g/mol. The molecule has 0 bridgehead atoms. The number of benzene rings is 1. The number of halogens is 1. The van der Waals surface area contributed by atoms with Crippen molar-refractivity contribution in [1.82, 2.24) is 10.2 Å². The summed E-state index contributed by atoms with van der Waals surface area (Å²) in [5.41, 5.74) is 1.01. The Labute approximate surface area is 186 Å². The van der Waals surface area contributed by atoms with Gasteiger partial charge < -0.3 is 10.2 Å². The van der Waals surface area contributed by atoms with Crippen LogP contribution in [0.5, 0.6) is 0 Å². The van der Waals surface area contributed by atoms with Gasteiger partial charge in [0.25, 0.3) is 5.91 Å². The molecule has 1 aliphatic heterocycles. The third kappa shape index (κ3) is 5.26. The highest BCUT2D eigenvalue weighted by molar-refractivity contribution is 9.10. The summed E-state index contributed by atoms with van der Waals surface area (Å²) < 4.78 is 0.999. The number of carbonyl (C=O) groups is 2. The first kappa shape index (κ1) is 21.0. The number of rotatable bonds is 4. The molecule has 2 atom stereocenters. The fourth-order valence-electron chi connectivity index (χ4n) is 4.78. The number of carbonyl (C=O) groups excluding carboxylic acids is 2. The van der Waals surface area contributed by atoms with Crippen molar-refractivity contribution in [2.75, 3.05) is 6.54 Å². The topological polar surface area (TPSA) is 49.4 Å². The van der Waals surface area contributed by atoms with Crippen LogP contribution in [-0.4, -0.2) is 40.6 Å². The Morgan fingerprint density at radius 1 is 1.14 bits per heavy atom. The van der Waals surface area contributed by atoms with Crippen molar-refractivity contribution >= 4 is 45.6 Å². The van der Waals surface area contributed by atoms with E-state index >= 15 is 0 Å². The molecule has 6 heteroatoms. The van der Waals surface area contributed by atoms with Gasteiger partial charge in [-0.05, 0) is 49.5 Å². The number of hydrogen-bond donors (Lipinski definition) is 1. The number of nitrogens with one attached hydrogen (secondary N) is 1. The molecule has 4 rings (SSSR count). The Kier molecular flexibility index (Phi) is 7.01. The Bertz CT molecular complexity index is 791. The minimum absolute atomic E-state index is 0.00304. The smallest absolute Gasteiger partial charge is 0.261 e. The Morgan fingerprint density at radius 3 is 2.69 bits per heavy atom. The lowest BCUT2D eigenvalue weighted by atomic mass is 9.92. The van der Waals surface area contributed by atoms with Crippen LogP contribution in [0.3, 0.4) is 0 Å². The zero-order valence-corrected chi connectivity index (χ0v) is 19.1. The molecular weight excluding hydrogens is 448 g/mol. The van der Waals surface area contributed by atoms with Gasteiger partial charge in [-0.25, -0.2) is 0 Å². The number of hydrogen-bond acceptors (Lipinski definition) is 3. The summed E-state index contributed by atoms with van der Waals surface area (Å²) in [7, 11) is 0. The van der Waals surface area contributed by atoms with Crippen molar-refractivity contribution < 1.29 is 9.59 Å². The molecule has 3 aliphatic rings. The van der Waals surface area contributed by atoms with Gasteiger partial charge in [-0.15, -0.1) is 11.8 Å². The first-order chi connectivity index (χ1) is 14.1. The Morgan fingerprint density at radius 2 is 1.90 bits per heavy atom. The van der Waals surface area contributed by atoms with Crippen molar-refractivity contribution in [3.05, 3.63) is 39.2 Å². The van der Waals surface area contributed by atoms with E-state index in [1.54, 1.807) is 11.8 Å². The van der Waals surface area contributed by atoms with E-state index in [1.807, 2.05) is 35.2 Å². The molecule has 0 aromatic heterocycles. The van der Waals surface area contributed by atoms with E-state index in [4.69, 9.17) is 0 Å². The van der Waals surface area contributed by atoms with Gasteiger partial charge in [-0.1, -0.05) is 60.2 Å². The van der Waals surface area contributed by atoms with E-state index in [-0.39, 0.29) is 30.4 Å². The predicted octanol–water partition coefficient (Wildman–Crippen LogP) is 5.13. The second-order valence-corrected chi connectivity index (χ2v) is 10.6. The molecule has 3 fully saturated rings. The molecule has 2 aliphatic carbocycles. The first-order valence-corrected chi connectivity index (χ1v) is 12.5. The van der Waals surface area contributed by atoms with Crippen molar-refractivity contribution in [3.63, 3.8) is 0 Å². The molecule has 1 heterocycles. The van der Waals surface area contributed by atoms with Crippen molar-refractivity contribution in [2.24, 2.45) is 0 Å². The van der Waals surface area contributed by atoms with Crippen LogP contribution in [0.2, 0.25) is 0 Å². The van der Waals surface area contributed by atoms with E-state index in [2.05, 4.69) is 21.2 Å². The molecule has 4 nitrogen and oxygen atoms in total.